The predicted molar refractivity (Wildman–Crippen MR) is 154 cm³/mol. The summed E-state index contributed by atoms with van der Waals surface area (Å²) in [5, 5.41) is 1.82. The number of benzene rings is 3. The van der Waals surface area contributed by atoms with Gasteiger partial charge in [0.05, 0.1) is 5.39 Å². The third-order valence-corrected chi connectivity index (χ3v) is 7.78. The lowest BCUT2D eigenvalue weighted by atomic mass is 10.1. The van der Waals surface area contributed by atoms with Crippen molar-refractivity contribution in [2.45, 2.75) is 26.8 Å². The van der Waals surface area contributed by atoms with E-state index in [1.54, 1.807) is 6.33 Å². The first-order valence-corrected chi connectivity index (χ1v) is 13.1. The average molecular weight is 508 g/mol. The van der Waals surface area contributed by atoms with Crippen LogP contribution in [0.2, 0.25) is 5.02 Å². The van der Waals surface area contributed by atoms with Gasteiger partial charge in [0.2, 0.25) is 0 Å². The van der Waals surface area contributed by atoms with Gasteiger partial charge in [0.15, 0.2) is 5.65 Å². The van der Waals surface area contributed by atoms with Crippen molar-refractivity contribution in [2.24, 2.45) is 0 Å². The maximum atomic E-state index is 6.52. The number of nitrogens with zero attached hydrogens (tertiary/aromatic N) is 5. The van der Waals surface area contributed by atoms with Crippen LogP contribution < -0.4 is 9.80 Å². The highest BCUT2D eigenvalue weighted by Gasteiger charge is 2.28. The summed E-state index contributed by atoms with van der Waals surface area (Å²) in [4.78, 5) is 14.5. The molecule has 186 valence electrons. The maximum Gasteiger partial charge on any atom is 0.150 e. The summed E-state index contributed by atoms with van der Waals surface area (Å²) in [6.07, 6.45) is 3.86. The van der Waals surface area contributed by atoms with E-state index in [9.17, 15) is 0 Å². The minimum Gasteiger partial charge on any atom is -0.365 e. The monoisotopic (exact) mass is 507 g/mol. The molecule has 1 aliphatic rings. The summed E-state index contributed by atoms with van der Waals surface area (Å²) >= 11 is 6.52. The highest BCUT2D eigenvalue weighted by Crippen LogP contribution is 2.38. The van der Waals surface area contributed by atoms with Gasteiger partial charge in [-0.2, -0.15) is 0 Å². The van der Waals surface area contributed by atoms with E-state index in [4.69, 9.17) is 21.6 Å². The van der Waals surface area contributed by atoms with Crippen LogP contribution in [0.15, 0.2) is 85.3 Å². The molecule has 0 saturated carbocycles. The van der Waals surface area contributed by atoms with Crippen LogP contribution in [0.3, 0.4) is 0 Å². The fourth-order valence-corrected chi connectivity index (χ4v) is 5.50. The average Bonchev–Trinajstić information content (AvgIpc) is 3.31. The maximum absolute atomic E-state index is 6.52. The fourth-order valence-electron chi connectivity index (χ4n) is 5.32. The Morgan fingerprint density at radius 2 is 1.62 bits per heavy atom. The highest BCUT2D eigenvalue weighted by atomic mass is 35.5. The molecule has 2 aromatic heterocycles. The third kappa shape index (κ3) is 4.34. The van der Waals surface area contributed by atoms with Gasteiger partial charge in [0, 0.05) is 53.8 Å². The van der Waals surface area contributed by atoms with Crippen LogP contribution in [0.1, 0.15) is 18.1 Å². The van der Waals surface area contributed by atoms with Crippen LogP contribution in [0.25, 0.3) is 27.8 Å². The molecule has 0 N–H and O–H groups in total. The second-order valence-corrected chi connectivity index (χ2v) is 10.3. The third-order valence-electron chi connectivity index (χ3n) is 7.37. The smallest absolute Gasteiger partial charge is 0.150 e. The van der Waals surface area contributed by atoms with Crippen molar-refractivity contribution in [3.8, 4) is 16.8 Å². The Morgan fingerprint density at radius 1 is 0.865 bits per heavy atom. The standard InChI is InChI=1S/C31H30ClN5/c1-21-9-12-25(13-10-21)36-16-15-35(18-23(36)3)30-29-27(24-7-5-4-6-8-24)19-37(31(29)34-20-33-30)26-14-11-22(2)28(32)17-26/h4-14,17,19-20,23H,15-16,18H2,1-3H3/t23-/m1/s1. The van der Waals surface area contributed by atoms with Gasteiger partial charge in [-0.3, -0.25) is 0 Å². The van der Waals surface area contributed by atoms with Gasteiger partial charge in [-0.1, -0.05) is 65.7 Å². The Kier molecular flexibility index (Phi) is 6.09. The molecule has 5 aromatic rings. The molecule has 0 radical (unpaired) electrons. The van der Waals surface area contributed by atoms with Crippen LogP contribution in [0, 0.1) is 13.8 Å². The Labute approximate surface area is 223 Å². The van der Waals surface area contributed by atoms with Gasteiger partial charge in [0.25, 0.3) is 0 Å². The molecular weight excluding hydrogens is 478 g/mol. The molecule has 1 aliphatic heterocycles. The Hall–Kier alpha value is -3.83. The molecule has 6 heteroatoms. The molecule has 1 atom stereocenters. The molecule has 37 heavy (non-hydrogen) atoms. The van der Waals surface area contributed by atoms with Crippen molar-refractivity contribution in [2.75, 3.05) is 29.4 Å². The zero-order valence-corrected chi connectivity index (χ0v) is 22.2. The van der Waals surface area contributed by atoms with Gasteiger partial charge in [-0.25, -0.2) is 9.97 Å². The van der Waals surface area contributed by atoms with E-state index in [-0.39, 0.29) is 0 Å². The Balaban J connectivity index is 1.44. The van der Waals surface area contributed by atoms with E-state index >= 15 is 0 Å². The van der Waals surface area contributed by atoms with Crippen molar-refractivity contribution in [3.05, 3.63) is 101 Å². The summed E-state index contributed by atoms with van der Waals surface area (Å²) in [7, 11) is 0. The summed E-state index contributed by atoms with van der Waals surface area (Å²) in [5.41, 5.74) is 7.76. The zero-order valence-electron chi connectivity index (χ0n) is 21.4. The first-order chi connectivity index (χ1) is 18.0. The molecule has 0 bridgehead atoms. The fraction of sp³-hybridized carbons (Fsp3) is 0.226. The molecule has 1 fully saturated rings. The number of halogens is 1. The summed E-state index contributed by atoms with van der Waals surface area (Å²) in [5.74, 6) is 0.983. The predicted octanol–water partition coefficient (Wildman–Crippen LogP) is 7.07. The van der Waals surface area contributed by atoms with E-state index in [0.29, 0.717) is 6.04 Å². The number of rotatable bonds is 4. The van der Waals surface area contributed by atoms with E-state index in [2.05, 4.69) is 95.1 Å². The molecule has 0 aliphatic carbocycles. The normalized spacial score (nSPS) is 15.9. The van der Waals surface area contributed by atoms with Crippen LogP contribution >= 0.6 is 11.6 Å². The number of aromatic nitrogens is 3. The van der Waals surface area contributed by atoms with E-state index in [1.165, 1.54) is 11.3 Å². The first kappa shape index (κ1) is 23.6. The molecular formula is C31H30ClN5. The largest absolute Gasteiger partial charge is 0.365 e. The molecule has 5 nitrogen and oxygen atoms in total. The van der Waals surface area contributed by atoms with Crippen LogP contribution in [0.5, 0.6) is 0 Å². The SMILES string of the molecule is Cc1ccc(N2CCN(c3ncnc4c3c(-c3ccccc3)cn4-c3ccc(C)c(Cl)c3)C[C@H]2C)cc1. The number of piperazine rings is 1. The lowest BCUT2D eigenvalue weighted by Crippen LogP contribution is -2.52. The lowest BCUT2D eigenvalue weighted by molar-refractivity contribution is 0.548. The summed E-state index contributed by atoms with van der Waals surface area (Å²) in [6, 6.07) is 25.8. The summed E-state index contributed by atoms with van der Waals surface area (Å²) in [6.45, 7) is 9.15. The molecule has 3 heterocycles. The van der Waals surface area contributed by atoms with E-state index in [1.807, 2.05) is 19.1 Å². The molecule has 1 saturated heterocycles. The highest BCUT2D eigenvalue weighted by molar-refractivity contribution is 6.31. The van der Waals surface area contributed by atoms with Crippen molar-refractivity contribution in [1.29, 1.82) is 0 Å². The number of hydrogen-bond acceptors (Lipinski definition) is 4. The van der Waals surface area contributed by atoms with Gasteiger partial charge in [0.1, 0.15) is 12.1 Å². The molecule has 0 unspecified atom stereocenters. The number of hydrogen-bond donors (Lipinski definition) is 0. The topological polar surface area (TPSA) is 37.2 Å². The minimum atomic E-state index is 0.347. The van der Waals surface area contributed by atoms with Gasteiger partial charge in [-0.15, -0.1) is 0 Å². The van der Waals surface area contributed by atoms with E-state index in [0.717, 1.165) is 63.9 Å². The van der Waals surface area contributed by atoms with Crippen molar-refractivity contribution < 1.29 is 0 Å². The second-order valence-electron chi connectivity index (χ2n) is 9.93. The number of aryl methyl sites for hydroxylation is 2. The van der Waals surface area contributed by atoms with Gasteiger partial charge in [-0.05, 0) is 56.2 Å². The van der Waals surface area contributed by atoms with E-state index < -0.39 is 0 Å². The van der Waals surface area contributed by atoms with Gasteiger partial charge < -0.3 is 14.4 Å². The van der Waals surface area contributed by atoms with Crippen LogP contribution in [-0.2, 0) is 0 Å². The van der Waals surface area contributed by atoms with Crippen LogP contribution in [-0.4, -0.2) is 40.2 Å². The molecule has 6 rings (SSSR count). The van der Waals surface area contributed by atoms with Crippen molar-refractivity contribution in [3.63, 3.8) is 0 Å². The molecule has 0 spiro atoms. The van der Waals surface area contributed by atoms with Crippen molar-refractivity contribution >= 4 is 34.1 Å². The Bertz CT molecular complexity index is 1560. The Morgan fingerprint density at radius 3 is 2.35 bits per heavy atom. The quantitative estimate of drug-likeness (QED) is 0.260. The van der Waals surface area contributed by atoms with Crippen molar-refractivity contribution in [1.82, 2.24) is 14.5 Å². The zero-order chi connectivity index (χ0) is 25.5. The summed E-state index contributed by atoms with van der Waals surface area (Å²) < 4.78 is 2.14. The molecule has 0 amide bonds. The minimum absolute atomic E-state index is 0.347. The molecule has 3 aromatic carbocycles. The van der Waals surface area contributed by atoms with Crippen LogP contribution in [0.4, 0.5) is 11.5 Å². The second kappa shape index (κ2) is 9.56. The number of anilines is 2. The number of fused-ring (bicyclic) bond motifs is 1. The first-order valence-electron chi connectivity index (χ1n) is 12.8. The van der Waals surface area contributed by atoms with Gasteiger partial charge >= 0.3 is 0 Å². The lowest BCUT2D eigenvalue weighted by Gasteiger charge is -2.42.